The van der Waals surface area contributed by atoms with Crippen molar-refractivity contribution in [1.29, 1.82) is 0 Å². The number of phenols is 1. The van der Waals surface area contributed by atoms with E-state index in [1.807, 2.05) is 0 Å². The summed E-state index contributed by atoms with van der Waals surface area (Å²) in [6.07, 6.45) is 1.92. The molecule has 0 aromatic heterocycles. The van der Waals surface area contributed by atoms with E-state index >= 15 is 0 Å². The van der Waals surface area contributed by atoms with Gasteiger partial charge < -0.3 is 20.4 Å². The van der Waals surface area contributed by atoms with E-state index < -0.39 is 6.10 Å². The van der Waals surface area contributed by atoms with Gasteiger partial charge in [0.15, 0.2) is 0 Å². The van der Waals surface area contributed by atoms with Crippen molar-refractivity contribution in [2.45, 2.75) is 32.3 Å². The molecule has 122 valence electrons. The van der Waals surface area contributed by atoms with Crippen molar-refractivity contribution in [3.05, 3.63) is 29.8 Å². The van der Waals surface area contributed by atoms with Crippen LogP contribution in [0.3, 0.4) is 0 Å². The number of carbonyl (C=O) groups is 1. The molecular formula is C17H26N2O3. The molecule has 0 aliphatic carbocycles. The third kappa shape index (κ3) is 5.31. The SMILES string of the molecule is CC1CCN(C[C@@H](O)CNC(=O)Cc2ccccc2O)CC1. The molecule has 1 aliphatic rings. The normalized spacial score (nSPS) is 18.1. The molecule has 1 heterocycles. The first kappa shape index (κ1) is 16.8. The minimum absolute atomic E-state index is 0.126. The van der Waals surface area contributed by atoms with Crippen LogP contribution in [0.2, 0.25) is 0 Å². The molecule has 1 aromatic rings. The van der Waals surface area contributed by atoms with Gasteiger partial charge in [-0.25, -0.2) is 0 Å². The quantitative estimate of drug-likeness (QED) is 0.737. The Morgan fingerprint density at radius 2 is 2.05 bits per heavy atom. The van der Waals surface area contributed by atoms with Crippen LogP contribution >= 0.6 is 0 Å². The molecular weight excluding hydrogens is 280 g/mol. The van der Waals surface area contributed by atoms with Gasteiger partial charge in [0.05, 0.1) is 12.5 Å². The number of aliphatic hydroxyl groups is 1. The average Bonchev–Trinajstić information content (AvgIpc) is 2.50. The Kier molecular flexibility index (Phi) is 6.21. The van der Waals surface area contributed by atoms with E-state index in [0.29, 0.717) is 12.1 Å². The summed E-state index contributed by atoms with van der Waals surface area (Å²) in [5.74, 6) is 0.708. The lowest BCUT2D eigenvalue weighted by molar-refractivity contribution is -0.121. The minimum Gasteiger partial charge on any atom is -0.508 e. The highest BCUT2D eigenvalue weighted by atomic mass is 16.3. The summed E-state index contributed by atoms with van der Waals surface area (Å²) in [6.45, 7) is 5.14. The predicted molar refractivity (Wildman–Crippen MR) is 85.7 cm³/mol. The number of aliphatic hydroxyl groups excluding tert-OH is 1. The molecule has 0 radical (unpaired) electrons. The smallest absolute Gasteiger partial charge is 0.224 e. The van der Waals surface area contributed by atoms with Crippen molar-refractivity contribution in [2.24, 2.45) is 5.92 Å². The maximum absolute atomic E-state index is 11.9. The number of nitrogens with one attached hydrogen (secondary N) is 1. The summed E-state index contributed by atoms with van der Waals surface area (Å²) in [7, 11) is 0. The monoisotopic (exact) mass is 306 g/mol. The van der Waals surface area contributed by atoms with Crippen LogP contribution in [0, 0.1) is 5.92 Å². The highest BCUT2D eigenvalue weighted by molar-refractivity contribution is 5.79. The first-order valence-corrected chi connectivity index (χ1v) is 7.98. The molecule has 1 aliphatic heterocycles. The van der Waals surface area contributed by atoms with Crippen LogP contribution in [0.1, 0.15) is 25.3 Å². The molecule has 1 aromatic carbocycles. The van der Waals surface area contributed by atoms with E-state index in [9.17, 15) is 15.0 Å². The van der Waals surface area contributed by atoms with Crippen LogP contribution < -0.4 is 5.32 Å². The van der Waals surface area contributed by atoms with Crippen LogP contribution in [0.15, 0.2) is 24.3 Å². The number of benzene rings is 1. The fourth-order valence-corrected chi connectivity index (χ4v) is 2.73. The Bertz CT molecular complexity index is 485. The number of carbonyl (C=O) groups excluding carboxylic acids is 1. The zero-order chi connectivity index (χ0) is 15.9. The van der Waals surface area contributed by atoms with Crippen LogP contribution in [0.5, 0.6) is 5.75 Å². The van der Waals surface area contributed by atoms with Crippen molar-refractivity contribution in [3.8, 4) is 5.75 Å². The molecule has 22 heavy (non-hydrogen) atoms. The number of nitrogens with zero attached hydrogens (tertiary/aromatic N) is 1. The van der Waals surface area contributed by atoms with Gasteiger partial charge in [0, 0.05) is 18.7 Å². The lowest BCUT2D eigenvalue weighted by atomic mass is 9.99. The van der Waals surface area contributed by atoms with Crippen molar-refractivity contribution in [2.75, 3.05) is 26.2 Å². The second-order valence-electron chi connectivity index (χ2n) is 6.25. The van der Waals surface area contributed by atoms with Gasteiger partial charge in [-0.3, -0.25) is 4.79 Å². The Balaban J connectivity index is 1.68. The zero-order valence-corrected chi connectivity index (χ0v) is 13.2. The number of para-hydroxylation sites is 1. The zero-order valence-electron chi connectivity index (χ0n) is 13.2. The maximum atomic E-state index is 11.9. The van der Waals surface area contributed by atoms with Gasteiger partial charge in [0.1, 0.15) is 5.75 Å². The summed E-state index contributed by atoms with van der Waals surface area (Å²) in [6, 6.07) is 6.80. The fraction of sp³-hybridized carbons (Fsp3) is 0.588. The molecule has 1 fully saturated rings. The topological polar surface area (TPSA) is 72.8 Å². The summed E-state index contributed by atoms with van der Waals surface area (Å²) in [5, 5.41) is 22.4. The van der Waals surface area contributed by atoms with Crippen molar-refractivity contribution in [1.82, 2.24) is 10.2 Å². The lowest BCUT2D eigenvalue weighted by Crippen LogP contribution is -2.43. The van der Waals surface area contributed by atoms with Gasteiger partial charge in [-0.2, -0.15) is 0 Å². The van der Waals surface area contributed by atoms with Crippen molar-refractivity contribution in [3.63, 3.8) is 0 Å². The molecule has 5 heteroatoms. The molecule has 3 N–H and O–H groups in total. The number of likely N-dealkylation sites (tertiary alicyclic amines) is 1. The maximum Gasteiger partial charge on any atom is 0.224 e. The molecule has 0 spiro atoms. The van der Waals surface area contributed by atoms with Crippen molar-refractivity contribution >= 4 is 5.91 Å². The molecule has 1 atom stereocenters. The average molecular weight is 306 g/mol. The molecule has 5 nitrogen and oxygen atoms in total. The minimum atomic E-state index is -0.554. The second kappa shape index (κ2) is 8.15. The highest BCUT2D eigenvalue weighted by Gasteiger charge is 2.18. The fourth-order valence-electron chi connectivity index (χ4n) is 2.73. The predicted octanol–water partition coefficient (Wildman–Crippen LogP) is 1.14. The van der Waals surface area contributed by atoms with Crippen LogP contribution in [-0.2, 0) is 11.2 Å². The Morgan fingerprint density at radius 1 is 1.36 bits per heavy atom. The molecule has 0 saturated carbocycles. The number of phenolic OH excluding ortho intramolecular Hbond substituents is 1. The summed E-state index contributed by atoms with van der Waals surface area (Å²) in [4.78, 5) is 14.1. The van der Waals surface area contributed by atoms with Gasteiger partial charge in [-0.15, -0.1) is 0 Å². The molecule has 1 saturated heterocycles. The van der Waals surface area contributed by atoms with Crippen LogP contribution in [0.25, 0.3) is 0 Å². The first-order valence-electron chi connectivity index (χ1n) is 7.98. The van der Waals surface area contributed by atoms with E-state index in [4.69, 9.17) is 0 Å². The van der Waals surface area contributed by atoms with Gasteiger partial charge in [0.25, 0.3) is 0 Å². The van der Waals surface area contributed by atoms with E-state index in [2.05, 4.69) is 17.1 Å². The van der Waals surface area contributed by atoms with E-state index in [0.717, 1.165) is 19.0 Å². The molecule has 2 rings (SSSR count). The number of hydrogen-bond donors (Lipinski definition) is 3. The Hall–Kier alpha value is -1.59. The summed E-state index contributed by atoms with van der Waals surface area (Å²) >= 11 is 0. The van der Waals surface area contributed by atoms with Crippen LogP contribution in [-0.4, -0.2) is 53.3 Å². The second-order valence-corrected chi connectivity index (χ2v) is 6.25. The molecule has 0 unspecified atom stereocenters. The van der Waals surface area contributed by atoms with Gasteiger partial charge in [-0.1, -0.05) is 25.1 Å². The van der Waals surface area contributed by atoms with Crippen LogP contribution in [0.4, 0.5) is 0 Å². The standard InChI is InChI=1S/C17H26N2O3/c1-13-6-8-19(9-7-13)12-15(20)11-18-17(22)10-14-4-2-3-5-16(14)21/h2-5,13,15,20-21H,6-12H2,1H3,(H,18,22)/t15-/m0/s1. The lowest BCUT2D eigenvalue weighted by Gasteiger charge is -2.31. The number of hydrogen-bond acceptors (Lipinski definition) is 4. The number of piperidine rings is 1. The van der Waals surface area contributed by atoms with Gasteiger partial charge >= 0.3 is 0 Å². The number of β-amino-alcohol motifs (C(OH)–C–C–N with tert-alkyl or cyclic N) is 1. The first-order chi connectivity index (χ1) is 10.5. The van der Waals surface area contributed by atoms with E-state index in [1.165, 1.54) is 12.8 Å². The number of aromatic hydroxyl groups is 1. The van der Waals surface area contributed by atoms with E-state index in [1.54, 1.807) is 24.3 Å². The van der Waals surface area contributed by atoms with Gasteiger partial charge in [0.2, 0.25) is 5.91 Å². The van der Waals surface area contributed by atoms with Crippen molar-refractivity contribution < 1.29 is 15.0 Å². The summed E-state index contributed by atoms with van der Waals surface area (Å²) < 4.78 is 0. The Morgan fingerprint density at radius 3 is 2.73 bits per heavy atom. The third-order valence-corrected chi connectivity index (χ3v) is 4.22. The largest absolute Gasteiger partial charge is 0.508 e. The molecule has 1 amide bonds. The van der Waals surface area contributed by atoms with E-state index in [-0.39, 0.29) is 24.6 Å². The number of rotatable bonds is 6. The third-order valence-electron chi connectivity index (χ3n) is 4.22. The van der Waals surface area contributed by atoms with Gasteiger partial charge in [-0.05, 0) is 37.9 Å². The molecule has 0 bridgehead atoms. The highest BCUT2D eigenvalue weighted by Crippen LogP contribution is 2.16. The number of amides is 1. The summed E-state index contributed by atoms with van der Waals surface area (Å²) in [5.41, 5.74) is 0.597. The Labute approximate surface area is 131 Å².